The average Bonchev–Trinajstić information content (AvgIpc) is 2.46. The summed E-state index contributed by atoms with van der Waals surface area (Å²) in [6.45, 7) is 1.88. The molecule has 106 valence electrons. The van der Waals surface area contributed by atoms with Crippen molar-refractivity contribution < 1.29 is 14.6 Å². The fourth-order valence-corrected chi connectivity index (χ4v) is 2.15. The van der Waals surface area contributed by atoms with Crippen molar-refractivity contribution in [1.29, 1.82) is 0 Å². The van der Waals surface area contributed by atoms with Gasteiger partial charge in [-0.05, 0) is 30.7 Å². The quantitative estimate of drug-likeness (QED) is 0.892. The van der Waals surface area contributed by atoms with E-state index >= 15 is 0 Å². The summed E-state index contributed by atoms with van der Waals surface area (Å²) in [5.41, 5.74) is 7.96. The Hall–Kier alpha value is -2.27. The minimum Gasteiger partial charge on any atom is -0.497 e. The zero-order chi connectivity index (χ0) is 14.7. The predicted octanol–water partition coefficient (Wildman–Crippen LogP) is 2.07. The molecule has 0 radical (unpaired) electrons. The van der Waals surface area contributed by atoms with E-state index in [-0.39, 0.29) is 0 Å². The van der Waals surface area contributed by atoms with Crippen LogP contribution in [0.1, 0.15) is 22.8 Å². The highest BCUT2D eigenvalue weighted by Crippen LogP contribution is 2.35. The van der Waals surface area contributed by atoms with Crippen LogP contribution in [-0.2, 0) is 0 Å². The molecule has 0 bridgehead atoms. The van der Waals surface area contributed by atoms with Gasteiger partial charge in [-0.3, -0.25) is 0 Å². The number of methoxy groups -OCH3 is 2. The van der Waals surface area contributed by atoms with E-state index in [9.17, 15) is 5.11 Å². The van der Waals surface area contributed by atoms with E-state index in [4.69, 9.17) is 15.2 Å². The van der Waals surface area contributed by atoms with Gasteiger partial charge in [0.1, 0.15) is 23.4 Å². The van der Waals surface area contributed by atoms with Crippen LogP contribution in [0.3, 0.4) is 0 Å². The lowest BCUT2D eigenvalue weighted by molar-refractivity contribution is 0.214. The van der Waals surface area contributed by atoms with Crippen molar-refractivity contribution in [1.82, 2.24) is 4.98 Å². The van der Waals surface area contributed by atoms with Gasteiger partial charge < -0.3 is 20.3 Å². The topological polar surface area (TPSA) is 77.6 Å². The Labute approximate surface area is 118 Å². The number of hydrogen-bond donors (Lipinski definition) is 2. The van der Waals surface area contributed by atoms with Gasteiger partial charge in [0.2, 0.25) is 0 Å². The highest BCUT2D eigenvalue weighted by molar-refractivity contribution is 5.52. The van der Waals surface area contributed by atoms with E-state index in [1.54, 1.807) is 38.6 Å². The molecule has 2 rings (SSSR count). The lowest BCUT2D eigenvalue weighted by Crippen LogP contribution is -2.09. The number of anilines is 1. The number of rotatable bonds is 4. The first kappa shape index (κ1) is 14.1. The molecule has 5 nitrogen and oxygen atoms in total. The lowest BCUT2D eigenvalue weighted by atomic mass is 9.97. The molecule has 0 spiro atoms. The van der Waals surface area contributed by atoms with Crippen molar-refractivity contribution >= 4 is 5.82 Å². The maximum Gasteiger partial charge on any atom is 0.129 e. The maximum absolute atomic E-state index is 10.6. The van der Waals surface area contributed by atoms with Crippen LogP contribution < -0.4 is 15.2 Å². The zero-order valence-electron chi connectivity index (χ0n) is 11.8. The van der Waals surface area contributed by atoms with Gasteiger partial charge in [0.15, 0.2) is 0 Å². The number of ether oxygens (including phenoxy) is 2. The van der Waals surface area contributed by atoms with Gasteiger partial charge >= 0.3 is 0 Å². The Morgan fingerprint density at radius 3 is 2.55 bits per heavy atom. The van der Waals surface area contributed by atoms with Crippen LogP contribution in [-0.4, -0.2) is 24.3 Å². The van der Waals surface area contributed by atoms with E-state index in [1.807, 2.05) is 13.0 Å². The van der Waals surface area contributed by atoms with Crippen LogP contribution >= 0.6 is 0 Å². The number of nitrogen functional groups attached to an aromatic ring is 1. The first-order chi connectivity index (χ1) is 9.58. The minimum atomic E-state index is -0.899. The Balaban J connectivity index is 2.50. The number of benzene rings is 1. The third-order valence-corrected chi connectivity index (χ3v) is 3.25. The van der Waals surface area contributed by atoms with Gasteiger partial charge in [-0.1, -0.05) is 0 Å². The van der Waals surface area contributed by atoms with Crippen molar-refractivity contribution in [2.45, 2.75) is 13.0 Å². The van der Waals surface area contributed by atoms with Gasteiger partial charge in [0, 0.05) is 23.4 Å². The number of aliphatic hydroxyl groups excluding tert-OH is 1. The molecule has 1 aromatic carbocycles. The molecule has 20 heavy (non-hydrogen) atoms. The SMILES string of the molecule is COc1ccc(C(O)c2c(C)ccnc2N)c(OC)c1. The average molecular weight is 274 g/mol. The van der Waals surface area contributed by atoms with Crippen molar-refractivity contribution in [3.8, 4) is 11.5 Å². The normalized spacial score (nSPS) is 12.0. The first-order valence-electron chi connectivity index (χ1n) is 6.19. The molecule has 1 atom stereocenters. The molecule has 5 heteroatoms. The Bertz CT molecular complexity index is 594. The summed E-state index contributed by atoms with van der Waals surface area (Å²) in [5, 5.41) is 10.6. The van der Waals surface area contributed by atoms with Crippen LogP contribution in [0.5, 0.6) is 11.5 Å². The fourth-order valence-electron chi connectivity index (χ4n) is 2.15. The van der Waals surface area contributed by atoms with Crippen molar-refractivity contribution in [3.05, 3.63) is 47.2 Å². The van der Waals surface area contributed by atoms with Crippen LogP contribution in [0.25, 0.3) is 0 Å². The summed E-state index contributed by atoms with van der Waals surface area (Å²) in [4.78, 5) is 4.03. The number of hydrogen-bond acceptors (Lipinski definition) is 5. The number of aromatic nitrogens is 1. The van der Waals surface area contributed by atoms with E-state index in [1.165, 1.54) is 0 Å². The second-order valence-electron chi connectivity index (χ2n) is 4.44. The molecular formula is C15H18N2O3. The number of pyridine rings is 1. The van der Waals surface area contributed by atoms with Gasteiger partial charge in [-0.15, -0.1) is 0 Å². The second kappa shape index (κ2) is 5.79. The first-order valence-corrected chi connectivity index (χ1v) is 6.19. The molecule has 1 aromatic heterocycles. The highest BCUT2D eigenvalue weighted by atomic mass is 16.5. The third kappa shape index (κ3) is 2.53. The maximum atomic E-state index is 10.6. The minimum absolute atomic E-state index is 0.315. The summed E-state index contributed by atoms with van der Waals surface area (Å²) in [7, 11) is 3.12. The molecule has 0 aliphatic heterocycles. The van der Waals surface area contributed by atoms with Gasteiger partial charge in [-0.2, -0.15) is 0 Å². The third-order valence-electron chi connectivity index (χ3n) is 3.25. The number of nitrogens with zero attached hydrogens (tertiary/aromatic N) is 1. The molecule has 2 aromatic rings. The lowest BCUT2D eigenvalue weighted by Gasteiger charge is -2.18. The molecule has 3 N–H and O–H groups in total. The van der Waals surface area contributed by atoms with Crippen LogP contribution in [0.2, 0.25) is 0 Å². The van der Waals surface area contributed by atoms with Gasteiger partial charge in [-0.25, -0.2) is 4.98 Å². The van der Waals surface area contributed by atoms with Crippen LogP contribution in [0.15, 0.2) is 30.5 Å². The largest absolute Gasteiger partial charge is 0.497 e. The highest BCUT2D eigenvalue weighted by Gasteiger charge is 2.20. The van der Waals surface area contributed by atoms with Crippen LogP contribution in [0, 0.1) is 6.92 Å². The summed E-state index contributed by atoms with van der Waals surface area (Å²) < 4.78 is 10.5. The smallest absolute Gasteiger partial charge is 0.129 e. The molecular weight excluding hydrogens is 256 g/mol. The Morgan fingerprint density at radius 2 is 1.95 bits per heavy atom. The second-order valence-corrected chi connectivity index (χ2v) is 4.44. The standard InChI is InChI=1S/C15H18N2O3/c1-9-6-7-17-15(16)13(9)14(18)11-5-4-10(19-2)8-12(11)20-3/h4-8,14,18H,1-3H3,(H2,16,17). The summed E-state index contributed by atoms with van der Waals surface area (Å²) in [6, 6.07) is 7.06. The predicted molar refractivity (Wildman–Crippen MR) is 77.0 cm³/mol. The molecule has 1 heterocycles. The van der Waals surface area contributed by atoms with Crippen molar-refractivity contribution in [2.75, 3.05) is 20.0 Å². The van der Waals surface area contributed by atoms with Gasteiger partial charge in [0.25, 0.3) is 0 Å². The van der Waals surface area contributed by atoms with Gasteiger partial charge in [0.05, 0.1) is 14.2 Å². The van der Waals surface area contributed by atoms with Crippen LogP contribution in [0.4, 0.5) is 5.82 Å². The monoisotopic (exact) mass is 274 g/mol. The molecule has 1 unspecified atom stereocenters. The summed E-state index contributed by atoms with van der Waals surface area (Å²) in [5.74, 6) is 1.52. The zero-order valence-corrected chi connectivity index (χ0v) is 11.8. The van der Waals surface area contributed by atoms with E-state index in [0.717, 1.165) is 5.56 Å². The Kier molecular flexibility index (Phi) is 4.10. The van der Waals surface area contributed by atoms with E-state index in [2.05, 4.69) is 4.98 Å². The number of aliphatic hydroxyl groups is 1. The van der Waals surface area contributed by atoms with E-state index in [0.29, 0.717) is 28.4 Å². The van der Waals surface area contributed by atoms with Crippen molar-refractivity contribution in [2.24, 2.45) is 0 Å². The fraction of sp³-hybridized carbons (Fsp3) is 0.267. The van der Waals surface area contributed by atoms with Crippen molar-refractivity contribution in [3.63, 3.8) is 0 Å². The molecule has 0 aliphatic rings. The molecule has 0 saturated carbocycles. The molecule has 0 saturated heterocycles. The van der Waals surface area contributed by atoms with E-state index < -0.39 is 6.10 Å². The molecule has 0 aliphatic carbocycles. The number of aryl methyl sites for hydroxylation is 1. The molecule has 0 fully saturated rings. The Morgan fingerprint density at radius 1 is 1.20 bits per heavy atom. The molecule has 0 amide bonds. The summed E-state index contributed by atoms with van der Waals surface area (Å²) >= 11 is 0. The number of nitrogens with two attached hydrogens (primary N) is 1. The summed E-state index contributed by atoms with van der Waals surface area (Å²) in [6.07, 6.45) is 0.719.